The SMILES string of the molecule is c1n[nH]c(-c2noc(-c3ccc4c(c3)CNCC4)n2)n1. The van der Waals surface area contributed by atoms with Crippen molar-refractivity contribution in [2.75, 3.05) is 6.54 Å². The normalized spacial score (nSPS) is 14.2. The molecule has 0 saturated heterocycles. The number of nitrogens with zero attached hydrogens (tertiary/aromatic N) is 4. The van der Waals surface area contributed by atoms with Gasteiger partial charge in [0.25, 0.3) is 5.89 Å². The van der Waals surface area contributed by atoms with Gasteiger partial charge in [0.05, 0.1) is 0 Å². The van der Waals surface area contributed by atoms with E-state index >= 15 is 0 Å². The lowest BCUT2D eigenvalue weighted by molar-refractivity contribution is 0.432. The number of hydrogen-bond donors (Lipinski definition) is 2. The highest BCUT2D eigenvalue weighted by Gasteiger charge is 2.15. The molecule has 0 spiro atoms. The number of benzene rings is 1. The Kier molecular flexibility index (Phi) is 2.56. The van der Waals surface area contributed by atoms with E-state index in [0.29, 0.717) is 17.5 Å². The molecule has 1 aromatic carbocycles. The van der Waals surface area contributed by atoms with E-state index in [4.69, 9.17) is 4.52 Å². The highest BCUT2D eigenvalue weighted by molar-refractivity contribution is 5.58. The van der Waals surface area contributed by atoms with Crippen molar-refractivity contribution in [2.24, 2.45) is 0 Å². The van der Waals surface area contributed by atoms with Gasteiger partial charge >= 0.3 is 0 Å². The number of H-pyrrole nitrogens is 1. The van der Waals surface area contributed by atoms with Crippen LogP contribution in [0.2, 0.25) is 0 Å². The zero-order valence-corrected chi connectivity index (χ0v) is 10.6. The Balaban J connectivity index is 1.71. The van der Waals surface area contributed by atoms with Gasteiger partial charge in [0, 0.05) is 12.1 Å². The van der Waals surface area contributed by atoms with Gasteiger partial charge in [-0.05, 0) is 36.2 Å². The summed E-state index contributed by atoms with van der Waals surface area (Å²) < 4.78 is 5.30. The Morgan fingerprint density at radius 1 is 1.20 bits per heavy atom. The minimum Gasteiger partial charge on any atom is -0.334 e. The predicted molar refractivity (Wildman–Crippen MR) is 70.5 cm³/mol. The van der Waals surface area contributed by atoms with Crippen LogP contribution in [0.15, 0.2) is 29.0 Å². The molecule has 4 rings (SSSR count). The highest BCUT2D eigenvalue weighted by atomic mass is 16.5. The Morgan fingerprint density at radius 2 is 2.20 bits per heavy atom. The van der Waals surface area contributed by atoms with E-state index in [2.05, 4.69) is 42.8 Å². The summed E-state index contributed by atoms with van der Waals surface area (Å²) >= 11 is 0. The second kappa shape index (κ2) is 4.53. The van der Waals surface area contributed by atoms with Gasteiger partial charge in [-0.3, -0.25) is 5.10 Å². The van der Waals surface area contributed by atoms with Gasteiger partial charge in [0.1, 0.15) is 6.33 Å². The predicted octanol–water partition coefficient (Wildman–Crippen LogP) is 1.17. The summed E-state index contributed by atoms with van der Waals surface area (Å²) in [6, 6.07) is 6.24. The zero-order valence-electron chi connectivity index (χ0n) is 10.6. The van der Waals surface area contributed by atoms with E-state index in [-0.39, 0.29) is 0 Å². The molecule has 3 aromatic rings. The summed E-state index contributed by atoms with van der Waals surface area (Å²) in [5.74, 6) is 1.40. The number of aromatic nitrogens is 5. The summed E-state index contributed by atoms with van der Waals surface area (Å²) in [7, 11) is 0. The molecule has 7 nitrogen and oxygen atoms in total. The molecule has 2 N–H and O–H groups in total. The van der Waals surface area contributed by atoms with Gasteiger partial charge in [-0.15, -0.1) is 0 Å². The Morgan fingerprint density at radius 3 is 3.10 bits per heavy atom. The van der Waals surface area contributed by atoms with Gasteiger partial charge in [0.2, 0.25) is 5.82 Å². The van der Waals surface area contributed by atoms with Crippen LogP contribution in [-0.2, 0) is 13.0 Å². The van der Waals surface area contributed by atoms with Gasteiger partial charge < -0.3 is 9.84 Å². The van der Waals surface area contributed by atoms with E-state index in [9.17, 15) is 0 Å². The minimum absolute atomic E-state index is 0.411. The van der Waals surface area contributed by atoms with Crippen LogP contribution >= 0.6 is 0 Å². The lowest BCUT2D eigenvalue weighted by atomic mass is 9.98. The van der Waals surface area contributed by atoms with E-state index < -0.39 is 0 Å². The number of hydrogen-bond acceptors (Lipinski definition) is 6. The van der Waals surface area contributed by atoms with Crippen molar-refractivity contribution in [2.45, 2.75) is 13.0 Å². The zero-order chi connectivity index (χ0) is 13.4. The van der Waals surface area contributed by atoms with Crippen molar-refractivity contribution in [1.82, 2.24) is 30.6 Å². The van der Waals surface area contributed by atoms with E-state index in [1.807, 2.05) is 6.07 Å². The van der Waals surface area contributed by atoms with Crippen molar-refractivity contribution >= 4 is 0 Å². The number of rotatable bonds is 2. The van der Waals surface area contributed by atoms with E-state index in [1.165, 1.54) is 17.5 Å². The maximum atomic E-state index is 5.30. The average Bonchev–Trinajstić information content (AvgIpc) is 3.17. The van der Waals surface area contributed by atoms with Crippen LogP contribution in [0.25, 0.3) is 23.1 Å². The van der Waals surface area contributed by atoms with Crippen LogP contribution in [0.3, 0.4) is 0 Å². The minimum atomic E-state index is 0.411. The number of aromatic amines is 1. The van der Waals surface area contributed by atoms with Crippen LogP contribution in [0.4, 0.5) is 0 Å². The molecule has 3 heterocycles. The molecule has 20 heavy (non-hydrogen) atoms. The molecule has 0 atom stereocenters. The molecule has 2 aromatic heterocycles. The first-order chi connectivity index (χ1) is 9.90. The van der Waals surface area contributed by atoms with Crippen molar-refractivity contribution < 1.29 is 4.52 Å². The van der Waals surface area contributed by atoms with Crippen molar-refractivity contribution in [3.8, 4) is 23.1 Å². The maximum Gasteiger partial charge on any atom is 0.258 e. The molecule has 0 radical (unpaired) electrons. The monoisotopic (exact) mass is 268 g/mol. The molecular weight excluding hydrogens is 256 g/mol. The first kappa shape index (κ1) is 11.3. The molecule has 1 aliphatic heterocycles. The average molecular weight is 268 g/mol. The fraction of sp³-hybridized carbons (Fsp3) is 0.231. The largest absolute Gasteiger partial charge is 0.334 e. The van der Waals surface area contributed by atoms with Crippen molar-refractivity contribution in [3.63, 3.8) is 0 Å². The third kappa shape index (κ3) is 1.88. The Bertz CT molecular complexity index is 733. The summed E-state index contributed by atoms with van der Waals surface area (Å²) in [6.07, 6.45) is 2.47. The van der Waals surface area contributed by atoms with Crippen molar-refractivity contribution in [3.05, 3.63) is 35.7 Å². The van der Waals surface area contributed by atoms with Crippen LogP contribution < -0.4 is 5.32 Å². The summed E-state index contributed by atoms with van der Waals surface area (Å²) in [5.41, 5.74) is 3.58. The lowest BCUT2D eigenvalue weighted by Crippen LogP contribution is -2.23. The molecule has 100 valence electrons. The molecule has 7 heteroatoms. The number of nitrogens with one attached hydrogen (secondary N) is 2. The highest BCUT2D eigenvalue weighted by Crippen LogP contribution is 2.24. The second-order valence-corrected chi connectivity index (χ2v) is 4.67. The Hall–Kier alpha value is -2.54. The first-order valence-electron chi connectivity index (χ1n) is 6.42. The molecule has 0 fully saturated rings. The third-order valence-electron chi connectivity index (χ3n) is 3.39. The summed E-state index contributed by atoms with van der Waals surface area (Å²) in [4.78, 5) is 8.34. The topological polar surface area (TPSA) is 92.5 Å². The van der Waals surface area contributed by atoms with Gasteiger partial charge in [0.15, 0.2) is 5.82 Å². The van der Waals surface area contributed by atoms with Crippen LogP contribution in [0, 0.1) is 0 Å². The second-order valence-electron chi connectivity index (χ2n) is 4.67. The van der Waals surface area contributed by atoms with Crippen LogP contribution in [0.1, 0.15) is 11.1 Å². The molecular formula is C13H12N6O. The van der Waals surface area contributed by atoms with Crippen LogP contribution in [0.5, 0.6) is 0 Å². The third-order valence-corrected chi connectivity index (χ3v) is 3.39. The smallest absolute Gasteiger partial charge is 0.258 e. The van der Waals surface area contributed by atoms with Gasteiger partial charge in [-0.2, -0.15) is 10.1 Å². The molecule has 0 aliphatic carbocycles. The van der Waals surface area contributed by atoms with Gasteiger partial charge in [-0.25, -0.2) is 4.98 Å². The van der Waals surface area contributed by atoms with Crippen LogP contribution in [-0.4, -0.2) is 31.9 Å². The van der Waals surface area contributed by atoms with E-state index in [0.717, 1.165) is 25.1 Å². The Labute approximate surface area is 114 Å². The molecule has 0 unspecified atom stereocenters. The molecule has 0 bridgehead atoms. The first-order valence-corrected chi connectivity index (χ1v) is 6.42. The number of fused-ring (bicyclic) bond motifs is 1. The fourth-order valence-electron chi connectivity index (χ4n) is 2.36. The molecule has 1 aliphatic rings. The molecule has 0 amide bonds. The standard InChI is InChI=1S/C13H12N6O/c1-2-9(5-10-6-14-4-3-8(1)10)13-17-12(19-20-13)11-15-7-16-18-11/h1-2,5,7,14H,3-4,6H2,(H,15,16,18). The fourth-order valence-corrected chi connectivity index (χ4v) is 2.36. The van der Waals surface area contributed by atoms with E-state index in [1.54, 1.807) is 0 Å². The quantitative estimate of drug-likeness (QED) is 0.724. The summed E-state index contributed by atoms with van der Waals surface area (Å²) in [6.45, 7) is 1.91. The lowest BCUT2D eigenvalue weighted by Gasteiger charge is -2.16. The van der Waals surface area contributed by atoms with Gasteiger partial charge in [-0.1, -0.05) is 11.2 Å². The van der Waals surface area contributed by atoms with Crippen molar-refractivity contribution in [1.29, 1.82) is 0 Å². The molecule has 0 saturated carbocycles. The summed E-state index contributed by atoms with van der Waals surface area (Å²) in [5, 5.41) is 13.8. The maximum absolute atomic E-state index is 5.30.